The molecule has 0 atom stereocenters. The third-order valence-corrected chi connectivity index (χ3v) is 28.9. The summed E-state index contributed by atoms with van der Waals surface area (Å²) in [6.45, 7) is 11.8. The number of aryl methyl sites for hydroxylation is 19. The second-order valence-electron chi connectivity index (χ2n) is 38.8. The highest BCUT2D eigenvalue weighted by atomic mass is 16.3. The van der Waals surface area contributed by atoms with Crippen molar-refractivity contribution in [3.8, 4) is 112 Å². The van der Waals surface area contributed by atoms with E-state index in [2.05, 4.69) is 242 Å². The molecular weight excluding hydrogens is 1750 g/mol. The standard InChI is InChI=1S/C32H32NO.C27H24NO.C26H23N2O.2C25H24N/c1-21-10-7-8-13-25(21)30-19-29(22(2)20-33(30)3)28-15-9-14-27-26-17-16-24(18-31(26)34-32(27)28)23-11-5-4-6-12-23;1-17-12-13-21-22-10-7-11-23(27(22)29-26(21)14-17)24-15-25(28(4)16-19(24)3)20-9-6-5-8-18(20)2;1-16-8-5-6-9-19(16)24-14-17(2)23(15-28(24)4)21-11-7-10-20-22-13-12-18(3)27-26(22)29-25(20)21;1-17-10-7-13-22-20(17)12-8-14-23(22)24-15-25(26(4)16-19(24)3)21-11-6-5-9-18(21)2;1-17-9-5-6-11-21(17)25-15-24(19(3)16-26(25)4)23-14-13-18(2)20-10-7-8-12-22(20)23/h7-10,13-20,23H,4-6,11-12H2,1-3H3;5-16H,1-4H3;5-15H,1-4H3;2*5-16H,1-4H3/q5*+1/i2D3,23D;3D3;;2*3D3. The van der Waals surface area contributed by atoms with Crippen molar-refractivity contribution in [2.45, 2.75) is 135 Å². The van der Waals surface area contributed by atoms with Crippen LogP contribution < -0.4 is 22.8 Å². The molecule has 0 radical (unpaired) electrons. The van der Waals surface area contributed by atoms with Gasteiger partial charge in [0.15, 0.2) is 31.0 Å². The van der Waals surface area contributed by atoms with Gasteiger partial charge in [0.25, 0.3) is 0 Å². The van der Waals surface area contributed by atoms with Crippen LogP contribution in [0.25, 0.3) is 199 Å². The molecular formula is C135H127N6O3+5. The molecule has 710 valence electrons. The minimum atomic E-state index is -2.29. The molecule has 0 bridgehead atoms. The Kier molecular flexibility index (Phi) is 22.6. The Hall–Kier alpha value is -16.1. The Morgan fingerprint density at radius 2 is 0.562 bits per heavy atom. The highest BCUT2D eigenvalue weighted by Crippen LogP contribution is 2.46. The van der Waals surface area contributed by atoms with E-state index >= 15 is 0 Å². The van der Waals surface area contributed by atoms with E-state index in [9.17, 15) is 0 Å². The number of benzene rings is 14. The SMILES string of the molecule is Cc1ccc2c(n1)oc1c(-c3c[n+](C)c(-c4ccccc4C)cc3C)cccc12.[2H]C([2H])([2H])c1c[n+](C)c(-c2ccccc2C)cc1-c1ccc(C)c2ccccc12.[2H]C([2H])([2H])c1c[n+](C)c(-c2ccccc2C)cc1-c1cccc2c(C)cccc12.[2H]C([2H])([2H])c1c[n+](C)c(-c2ccccc2C)cc1-c1cccc2c1oc1cc(C)ccc12.[2H]C([2H])([2H])c1c[n+](C)c(-c2ccccc2C)cc1-c1cccc2c1oc1cc(C3([2H])CCCCC3)ccc12. The van der Waals surface area contributed by atoms with Crippen LogP contribution in [0.3, 0.4) is 0 Å². The van der Waals surface area contributed by atoms with Gasteiger partial charge in [-0.25, -0.2) is 27.8 Å². The quantitative estimate of drug-likeness (QED) is 0.121. The summed E-state index contributed by atoms with van der Waals surface area (Å²) in [5, 5.41) is 10.6. The maximum absolute atomic E-state index is 9.08. The van der Waals surface area contributed by atoms with Crippen molar-refractivity contribution in [2.75, 3.05) is 0 Å². The van der Waals surface area contributed by atoms with Crippen molar-refractivity contribution < 1.29 is 53.9 Å². The molecule has 24 rings (SSSR count). The second-order valence-corrected chi connectivity index (χ2v) is 38.8. The molecule has 1 saturated carbocycles. The van der Waals surface area contributed by atoms with Gasteiger partial charge in [-0.2, -0.15) is 0 Å². The van der Waals surface area contributed by atoms with Gasteiger partial charge in [0, 0.05) is 164 Å². The van der Waals surface area contributed by atoms with Crippen LogP contribution in [0.1, 0.15) is 139 Å². The predicted molar refractivity (Wildman–Crippen MR) is 599 cm³/mol. The molecule has 0 spiro atoms. The minimum Gasteiger partial charge on any atom is -0.455 e. The van der Waals surface area contributed by atoms with Crippen LogP contribution in [-0.2, 0) is 35.2 Å². The fourth-order valence-corrected chi connectivity index (χ4v) is 21.1. The van der Waals surface area contributed by atoms with Crippen LogP contribution in [0.15, 0.2) is 372 Å². The summed E-state index contributed by atoms with van der Waals surface area (Å²) in [6.07, 6.45) is 14.3. The van der Waals surface area contributed by atoms with Crippen molar-refractivity contribution in [3.63, 3.8) is 0 Å². The van der Waals surface area contributed by atoms with Crippen molar-refractivity contribution in [3.05, 3.63) is 442 Å². The summed E-state index contributed by atoms with van der Waals surface area (Å²) >= 11 is 0. The van der Waals surface area contributed by atoms with Crippen molar-refractivity contribution in [1.82, 2.24) is 4.98 Å². The van der Waals surface area contributed by atoms with Crippen molar-refractivity contribution in [2.24, 2.45) is 35.2 Å². The highest BCUT2D eigenvalue weighted by molar-refractivity contribution is 6.13. The van der Waals surface area contributed by atoms with Gasteiger partial charge in [0.2, 0.25) is 34.2 Å². The lowest BCUT2D eigenvalue weighted by molar-refractivity contribution is -0.660. The van der Waals surface area contributed by atoms with Gasteiger partial charge in [-0.05, 0) is 269 Å². The van der Waals surface area contributed by atoms with E-state index in [0.717, 1.165) is 219 Å². The van der Waals surface area contributed by atoms with Gasteiger partial charge in [-0.1, -0.05) is 262 Å². The molecule has 0 saturated heterocycles. The largest absolute Gasteiger partial charge is 0.455 e. The lowest BCUT2D eigenvalue weighted by Crippen LogP contribution is -2.31. The predicted octanol–water partition coefficient (Wildman–Crippen LogP) is 33.0. The van der Waals surface area contributed by atoms with E-state index in [1.54, 1.807) is 24.8 Å². The van der Waals surface area contributed by atoms with Crippen LogP contribution >= 0.6 is 0 Å². The number of hydrogen-bond donors (Lipinski definition) is 0. The average Bonchev–Trinajstić information content (AvgIpc) is 1.66. The molecule has 144 heavy (non-hydrogen) atoms. The van der Waals surface area contributed by atoms with Gasteiger partial charge in [-0.3, -0.25) is 0 Å². The van der Waals surface area contributed by atoms with Gasteiger partial charge in [-0.15, -0.1) is 0 Å². The summed E-state index contributed by atoms with van der Waals surface area (Å²) in [5.74, 6) is -0.570. The van der Waals surface area contributed by atoms with Crippen LogP contribution in [-0.4, -0.2) is 4.98 Å². The van der Waals surface area contributed by atoms with Gasteiger partial charge >= 0.3 is 0 Å². The lowest BCUT2D eigenvalue weighted by atomic mass is 9.84. The van der Waals surface area contributed by atoms with Gasteiger partial charge in [0.05, 0.1) is 5.56 Å². The summed E-state index contributed by atoms with van der Waals surface area (Å²) in [4.78, 5) is 4.58. The number of para-hydroxylation sites is 3. The Labute approximate surface area is 865 Å². The molecule has 1 aliphatic carbocycles. The van der Waals surface area contributed by atoms with E-state index in [1.165, 1.54) is 45.5 Å². The Morgan fingerprint density at radius 1 is 0.236 bits per heavy atom. The number of furan rings is 3. The third kappa shape index (κ3) is 18.7. The first kappa shape index (κ1) is 80.6. The Morgan fingerprint density at radius 3 is 1.02 bits per heavy atom. The third-order valence-electron chi connectivity index (χ3n) is 28.9. The fourth-order valence-electron chi connectivity index (χ4n) is 21.1. The van der Waals surface area contributed by atoms with Crippen molar-refractivity contribution in [1.29, 1.82) is 0 Å². The second kappa shape index (κ2) is 40.5. The summed E-state index contributed by atoms with van der Waals surface area (Å²) in [5.41, 5.74) is 37.6. The molecule has 1 fully saturated rings. The van der Waals surface area contributed by atoms with Crippen molar-refractivity contribution >= 4 is 87.5 Å². The average molecular weight is 1890 g/mol. The molecule has 0 unspecified atom stereocenters. The number of aromatic nitrogens is 6. The maximum Gasteiger partial charge on any atom is 0.227 e. The molecule has 9 heteroatoms. The van der Waals surface area contributed by atoms with E-state index in [0.29, 0.717) is 50.3 Å². The molecule has 14 aromatic carbocycles. The molecule has 9 nitrogen and oxygen atoms in total. The Balaban J connectivity index is 0.000000118. The molecule has 9 aromatic heterocycles. The molecule has 1 aliphatic rings. The smallest absolute Gasteiger partial charge is 0.227 e. The monoisotopic (exact) mass is 1890 g/mol. The highest BCUT2D eigenvalue weighted by Gasteiger charge is 2.28. The number of rotatable bonds is 11. The van der Waals surface area contributed by atoms with E-state index in [4.69, 9.17) is 31.1 Å². The number of fused-ring (bicyclic) bond motifs is 11. The first-order chi connectivity index (χ1) is 75.0. The zero-order valence-corrected chi connectivity index (χ0v) is 84.5. The fraction of sp³-hybridized carbons (Fsp3) is 0.185. The topological polar surface area (TPSA) is 71.7 Å². The van der Waals surface area contributed by atoms with E-state index in [-0.39, 0.29) is 0 Å². The van der Waals surface area contributed by atoms with Crippen LogP contribution in [0.4, 0.5) is 0 Å². The van der Waals surface area contributed by atoms with Gasteiger partial charge in [0.1, 0.15) is 63.2 Å². The molecule has 23 aromatic rings. The van der Waals surface area contributed by atoms with Crippen LogP contribution in [0.5, 0.6) is 0 Å². The summed E-state index contributed by atoms with van der Waals surface area (Å²) in [7, 11) is 9.72. The summed E-state index contributed by atoms with van der Waals surface area (Å²) < 4.78 is 136. The Bertz CT molecular complexity index is 9380. The minimum absolute atomic E-state index is 0.290. The number of nitrogens with zero attached hydrogens (tertiary/aromatic N) is 6. The number of pyridine rings is 6. The first-order valence-corrected chi connectivity index (χ1v) is 49.6. The normalized spacial score (nSPS) is 14.0. The van der Waals surface area contributed by atoms with Crippen LogP contribution in [0.2, 0.25) is 0 Å². The maximum atomic E-state index is 9.08. The molecule has 0 amide bonds. The molecule has 0 N–H and O–H groups in total. The molecule has 9 heterocycles. The zero-order valence-electron chi connectivity index (χ0n) is 97.5. The van der Waals surface area contributed by atoms with E-state index < -0.39 is 33.3 Å². The lowest BCUT2D eigenvalue weighted by Gasteiger charge is -2.21. The van der Waals surface area contributed by atoms with Crippen LogP contribution in [0, 0.1) is 96.6 Å². The first-order valence-electron chi connectivity index (χ1n) is 56.1. The molecule has 0 aliphatic heterocycles. The van der Waals surface area contributed by atoms with Gasteiger partial charge < -0.3 is 13.3 Å². The zero-order chi connectivity index (χ0) is 111. The number of hydrogen-bond acceptors (Lipinski definition) is 4. The van der Waals surface area contributed by atoms with E-state index in [1.807, 2.05) is 224 Å². The summed E-state index contributed by atoms with van der Waals surface area (Å²) in [6, 6.07) is 111.